The van der Waals surface area contributed by atoms with Crippen molar-refractivity contribution >= 4 is 5.71 Å². The molecule has 1 saturated carbocycles. The summed E-state index contributed by atoms with van der Waals surface area (Å²) in [5, 5.41) is 12.0. The van der Waals surface area contributed by atoms with Gasteiger partial charge in [-0.05, 0) is 31.6 Å². The average Bonchev–Trinajstić information content (AvgIpc) is 2.06. The van der Waals surface area contributed by atoms with Crippen molar-refractivity contribution in [2.75, 3.05) is 0 Å². The van der Waals surface area contributed by atoms with Gasteiger partial charge in [0.25, 0.3) is 0 Å². The molecule has 2 heteroatoms. The summed E-state index contributed by atoms with van der Waals surface area (Å²) in [4.78, 5) is 0. The van der Waals surface area contributed by atoms with Gasteiger partial charge in [-0.15, -0.1) is 0 Å². The van der Waals surface area contributed by atoms with Gasteiger partial charge in [0.2, 0.25) is 0 Å². The summed E-state index contributed by atoms with van der Waals surface area (Å²) < 4.78 is 0. The molecule has 1 N–H and O–H groups in total. The quantitative estimate of drug-likeness (QED) is 0.321. The highest BCUT2D eigenvalue weighted by molar-refractivity contribution is 5.87. The molecular formula is C9H13NO. The number of hydrogen-bond donors (Lipinski definition) is 1. The van der Waals surface area contributed by atoms with Gasteiger partial charge in [-0.1, -0.05) is 17.3 Å². The summed E-state index contributed by atoms with van der Waals surface area (Å²) in [5.41, 5.74) is 1.02. The molecule has 2 aliphatic carbocycles. The monoisotopic (exact) mass is 151 g/mol. The highest BCUT2D eigenvalue weighted by Gasteiger charge is 2.27. The maximum Gasteiger partial charge on any atom is 0.0605 e. The third-order valence-electron chi connectivity index (χ3n) is 2.79. The van der Waals surface area contributed by atoms with E-state index in [1.54, 1.807) is 0 Å². The number of allylic oxidation sites excluding steroid dienone is 2. The average molecular weight is 151 g/mol. The Hall–Kier alpha value is -0.790. The Bertz CT molecular complexity index is 208. The number of nitrogens with zero attached hydrogens (tertiary/aromatic N) is 1. The number of fused-ring (bicyclic) bond motifs is 2. The molecule has 0 aromatic carbocycles. The van der Waals surface area contributed by atoms with Crippen molar-refractivity contribution < 1.29 is 5.21 Å². The van der Waals surface area contributed by atoms with Crippen LogP contribution in [0, 0.1) is 11.8 Å². The maximum atomic E-state index is 8.67. The summed E-state index contributed by atoms with van der Waals surface area (Å²) in [6.45, 7) is 0. The van der Waals surface area contributed by atoms with E-state index in [-0.39, 0.29) is 0 Å². The molecule has 0 aromatic heterocycles. The topological polar surface area (TPSA) is 32.6 Å². The lowest BCUT2D eigenvalue weighted by atomic mass is 9.75. The van der Waals surface area contributed by atoms with Crippen LogP contribution in [0.3, 0.4) is 0 Å². The molecule has 2 aliphatic rings. The van der Waals surface area contributed by atoms with Gasteiger partial charge in [0.1, 0.15) is 0 Å². The minimum Gasteiger partial charge on any atom is -0.411 e. The predicted molar refractivity (Wildman–Crippen MR) is 43.8 cm³/mol. The Morgan fingerprint density at radius 3 is 3.27 bits per heavy atom. The van der Waals surface area contributed by atoms with Gasteiger partial charge in [0.05, 0.1) is 5.71 Å². The molecule has 2 nitrogen and oxygen atoms in total. The van der Waals surface area contributed by atoms with Gasteiger partial charge in [-0.3, -0.25) is 0 Å². The highest BCUT2D eigenvalue weighted by atomic mass is 16.4. The Labute approximate surface area is 66.6 Å². The molecule has 0 amide bonds. The van der Waals surface area contributed by atoms with E-state index in [0.29, 0.717) is 5.92 Å². The van der Waals surface area contributed by atoms with Gasteiger partial charge in [-0.2, -0.15) is 0 Å². The number of oxime groups is 1. The van der Waals surface area contributed by atoms with Crippen molar-refractivity contribution in [1.82, 2.24) is 0 Å². The second kappa shape index (κ2) is 2.68. The van der Waals surface area contributed by atoms with Crippen LogP contribution in [0.1, 0.15) is 25.7 Å². The Morgan fingerprint density at radius 1 is 1.55 bits per heavy atom. The summed E-state index contributed by atoms with van der Waals surface area (Å²) in [5.74, 6) is 1.31. The molecule has 0 aromatic rings. The van der Waals surface area contributed by atoms with Crippen LogP contribution in [0.4, 0.5) is 0 Å². The van der Waals surface area contributed by atoms with Crippen LogP contribution in [0.2, 0.25) is 0 Å². The molecule has 0 heterocycles. The Kier molecular flexibility index (Phi) is 1.68. The lowest BCUT2D eigenvalue weighted by Gasteiger charge is -2.30. The number of hydrogen-bond acceptors (Lipinski definition) is 2. The van der Waals surface area contributed by atoms with Crippen molar-refractivity contribution in [1.29, 1.82) is 0 Å². The third kappa shape index (κ3) is 1.17. The van der Waals surface area contributed by atoms with Gasteiger partial charge in [-0.25, -0.2) is 0 Å². The first kappa shape index (κ1) is 6.89. The zero-order valence-corrected chi connectivity index (χ0v) is 6.53. The van der Waals surface area contributed by atoms with Crippen molar-refractivity contribution in [2.45, 2.75) is 25.7 Å². The molecule has 0 aliphatic heterocycles. The smallest absolute Gasteiger partial charge is 0.0605 e. The molecule has 2 atom stereocenters. The van der Waals surface area contributed by atoms with E-state index >= 15 is 0 Å². The van der Waals surface area contributed by atoms with E-state index in [4.69, 9.17) is 5.21 Å². The second-order valence-electron chi connectivity index (χ2n) is 3.49. The fourth-order valence-corrected chi connectivity index (χ4v) is 2.13. The van der Waals surface area contributed by atoms with E-state index in [0.717, 1.165) is 24.5 Å². The first-order chi connectivity index (χ1) is 5.40. The lowest BCUT2D eigenvalue weighted by molar-refractivity contribution is 0.303. The van der Waals surface area contributed by atoms with Gasteiger partial charge in [0, 0.05) is 5.92 Å². The van der Waals surface area contributed by atoms with Crippen LogP contribution in [0.25, 0.3) is 0 Å². The van der Waals surface area contributed by atoms with Gasteiger partial charge >= 0.3 is 0 Å². The molecule has 60 valence electrons. The van der Waals surface area contributed by atoms with Crippen molar-refractivity contribution in [2.24, 2.45) is 17.0 Å². The molecule has 0 spiro atoms. The minimum atomic E-state index is 0.545. The van der Waals surface area contributed by atoms with Crippen LogP contribution in [0.5, 0.6) is 0 Å². The fourth-order valence-electron chi connectivity index (χ4n) is 2.13. The van der Waals surface area contributed by atoms with Gasteiger partial charge < -0.3 is 5.21 Å². The first-order valence-corrected chi connectivity index (χ1v) is 4.27. The van der Waals surface area contributed by atoms with Crippen LogP contribution >= 0.6 is 0 Å². The largest absolute Gasteiger partial charge is 0.411 e. The van der Waals surface area contributed by atoms with E-state index in [1.807, 2.05) is 0 Å². The second-order valence-corrected chi connectivity index (χ2v) is 3.49. The predicted octanol–water partition coefficient (Wildman–Crippen LogP) is 2.19. The van der Waals surface area contributed by atoms with Crippen LogP contribution in [-0.2, 0) is 0 Å². The van der Waals surface area contributed by atoms with E-state index in [1.165, 1.54) is 12.8 Å². The normalized spacial score (nSPS) is 39.5. The van der Waals surface area contributed by atoms with Crippen molar-refractivity contribution in [3.05, 3.63) is 12.2 Å². The van der Waals surface area contributed by atoms with E-state index in [9.17, 15) is 0 Å². The molecule has 11 heavy (non-hydrogen) atoms. The Morgan fingerprint density at radius 2 is 2.45 bits per heavy atom. The highest BCUT2D eigenvalue weighted by Crippen LogP contribution is 2.34. The van der Waals surface area contributed by atoms with E-state index < -0.39 is 0 Å². The fraction of sp³-hybridized carbons (Fsp3) is 0.667. The Balaban J connectivity index is 2.17. The zero-order chi connectivity index (χ0) is 7.68. The summed E-state index contributed by atoms with van der Waals surface area (Å²) >= 11 is 0. The SMILES string of the molecule is O/N=C1/CCC2C=CCC1C2. The molecular weight excluding hydrogens is 138 g/mol. The van der Waals surface area contributed by atoms with Crippen molar-refractivity contribution in [3.63, 3.8) is 0 Å². The van der Waals surface area contributed by atoms with Crippen LogP contribution < -0.4 is 0 Å². The van der Waals surface area contributed by atoms with E-state index in [2.05, 4.69) is 17.3 Å². The standard InChI is InChI=1S/C9H13NO/c11-10-9-5-4-7-2-1-3-8(9)6-7/h1-2,7-8,11H,3-6H2/b10-9-. The van der Waals surface area contributed by atoms with Crippen LogP contribution in [0.15, 0.2) is 17.3 Å². The molecule has 0 saturated heterocycles. The first-order valence-electron chi connectivity index (χ1n) is 4.27. The molecule has 1 fully saturated rings. The summed E-state index contributed by atoms with van der Waals surface area (Å²) in [6, 6.07) is 0. The minimum absolute atomic E-state index is 0.545. The molecule has 0 radical (unpaired) electrons. The molecule has 2 bridgehead atoms. The van der Waals surface area contributed by atoms with Crippen LogP contribution in [-0.4, -0.2) is 10.9 Å². The van der Waals surface area contributed by atoms with Crippen molar-refractivity contribution in [3.8, 4) is 0 Å². The lowest BCUT2D eigenvalue weighted by Crippen LogP contribution is -2.26. The third-order valence-corrected chi connectivity index (χ3v) is 2.79. The maximum absolute atomic E-state index is 8.67. The summed E-state index contributed by atoms with van der Waals surface area (Å²) in [6.07, 6.45) is 8.99. The zero-order valence-electron chi connectivity index (χ0n) is 6.53. The van der Waals surface area contributed by atoms with Gasteiger partial charge in [0.15, 0.2) is 0 Å². The summed E-state index contributed by atoms with van der Waals surface area (Å²) in [7, 11) is 0. The molecule has 2 unspecified atom stereocenters. The molecule has 2 rings (SSSR count). The number of rotatable bonds is 0.